The molecule has 0 bridgehead atoms. The van der Waals surface area contributed by atoms with Gasteiger partial charge in [-0.2, -0.15) is 13.8 Å². The van der Waals surface area contributed by atoms with Gasteiger partial charge in [0.25, 0.3) is 0 Å². The number of rotatable bonds is 6. The molecule has 1 aromatic carbocycles. The molecule has 0 radical (unpaired) electrons. The van der Waals surface area contributed by atoms with E-state index in [2.05, 4.69) is 20.4 Å². The Morgan fingerprint density at radius 2 is 1.69 bits per heavy atom. The second-order valence-electron chi connectivity index (χ2n) is 8.11. The normalized spacial score (nSPS) is 16.1. The van der Waals surface area contributed by atoms with Gasteiger partial charge in [-0.25, -0.2) is 26.5 Å². The van der Waals surface area contributed by atoms with Crippen molar-refractivity contribution in [3.05, 3.63) is 36.7 Å². The van der Waals surface area contributed by atoms with Crippen LogP contribution in [-0.2, 0) is 20.0 Å². The van der Waals surface area contributed by atoms with Gasteiger partial charge < -0.3 is 5.32 Å². The fourth-order valence-electron chi connectivity index (χ4n) is 4.12. The van der Waals surface area contributed by atoms with Gasteiger partial charge in [-0.15, -0.1) is 0 Å². The lowest BCUT2D eigenvalue weighted by Gasteiger charge is -2.20. The van der Waals surface area contributed by atoms with Crippen LogP contribution in [0.2, 0.25) is 0 Å². The van der Waals surface area contributed by atoms with E-state index in [1.807, 2.05) is 4.68 Å². The summed E-state index contributed by atoms with van der Waals surface area (Å²) in [7, 11) is -8.07. The Hall–Kier alpha value is -2.73. The number of nitrogens with zero attached hydrogens (tertiary/aromatic N) is 5. The van der Waals surface area contributed by atoms with Crippen LogP contribution < -0.4 is 9.03 Å². The second-order valence-corrected chi connectivity index (χ2v) is 12.0. The standard InChI is InChI=1S/C20H26N6O4S2/c1-31(27,28)26(32(2,29)30)18-11-7-8-16(12-18)23-20-21-13-15-14-22-25(19(15)24-20)17-9-5-3-4-6-10-17/h7-8,11-14,17H,3-6,9-10H2,1-2H3,(H,21,23,24). The van der Waals surface area contributed by atoms with E-state index >= 15 is 0 Å². The number of hydrogen-bond acceptors (Lipinski definition) is 8. The number of aromatic nitrogens is 4. The van der Waals surface area contributed by atoms with Crippen LogP contribution in [-0.4, -0.2) is 49.1 Å². The molecule has 12 heteroatoms. The summed E-state index contributed by atoms with van der Waals surface area (Å²) in [6, 6.07) is 6.40. The molecule has 4 rings (SSSR count). The zero-order valence-electron chi connectivity index (χ0n) is 18.0. The van der Waals surface area contributed by atoms with Crippen molar-refractivity contribution < 1.29 is 16.8 Å². The van der Waals surface area contributed by atoms with Crippen LogP contribution >= 0.6 is 0 Å². The fourth-order valence-corrected chi connectivity index (χ4v) is 7.08. The van der Waals surface area contributed by atoms with E-state index in [-0.39, 0.29) is 5.69 Å². The molecule has 1 fully saturated rings. The Kier molecular flexibility index (Phi) is 6.08. The van der Waals surface area contributed by atoms with Gasteiger partial charge in [0, 0.05) is 11.9 Å². The van der Waals surface area contributed by atoms with Crippen molar-refractivity contribution in [1.29, 1.82) is 0 Å². The van der Waals surface area contributed by atoms with Gasteiger partial charge in [0.05, 0.1) is 35.8 Å². The first-order chi connectivity index (χ1) is 15.1. The zero-order chi connectivity index (χ0) is 22.9. The third-order valence-corrected chi connectivity index (χ3v) is 8.67. The maximum Gasteiger partial charge on any atom is 0.245 e. The van der Waals surface area contributed by atoms with Crippen molar-refractivity contribution in [1.82, 2.24) is 19.7 Å². The predicted molar refractivity (Wildman–Crippen MR) is 124 cm³/mol. The maximum atomic E-state index is 12.1. The van der Waals surface area contributed by atoms with Crippen molar-refractivity contribution in [2.24, 2.45) is 0 Å². The Morgan fingerprint density at radius 3 is 2.34 bits per heavy atom. The molecular formula is C20H26N6O4S2. The summed E-state index contributed by atoms with van der Waals surface area (Å²) in [6.07, 6.45) is 12.1. The van der Waals surface area contributed by atoms with E-state index in [0.29, 0.717) is 21.4 Å². The molecule has 2 aromatic heterocycles. The Morgan fingerprint density at radius 1 is 1.00 bits per heavy atom. The monoisotopic (exact) mass is 478 g/mol. The van der Waals surface area contributed by atoms with Crippen molar-refractivity contribution in [2.45, 2.75) is 44.6 Å². The van der Waals surface area contributed by atoms with Crippen molar-refractivity contribution in [3.8, 4) is 0 Å². The topological polar surface area (TPSA) is 127 Å². The third-order valence-electron chi connectivity index (χ3n) is 5.42. The number of anilines is 3. The van der Waals surface area contributed by atoms with Crippen LogP contribution in [0.5, 0.6) is 0 Å². The highest BCUT2D eigenvalue weighted by Crippen LogP contribution is 2.30. The number of benzene rings is 1. The van der Waals surface area contributed by atoms with Crippen molar-refractivity contribution in [2.75, 3.05) is 21.5 Å². The van der Waals surface area contributed by atoms with Gasteiger partial charge in [0.15, 0.2) is 5.65 Å². The summed E-state index contributed by atoms with van der Waals surface area (Å²) in [5.41, 5.74) is 1.20. The predicted octanol–water partition coefficient (Wildman–Crippen LogP) is 3.19. The number of nitrogens with one attached hydrogen (secondary N) is 1. The largest absolute Gasteiger partial charge is 0.324 e. The SMILES string of the molecule is CS(=O)(=O)N(c1cccc(Nc2ncc3cnn(C4CCCCCC4)c3n2)c1)S(C)(=O)=O. The van der Waals surface area contributed by atoms with Gasteiger partial charge in [0.1, 0.15) is 0 Å². The molecule has 1 N–H and O–H groups in total. The summed E-state index contributed by atoms with van der Waals surface area (Å²) in [5, 5.41) is 8.43. The van der Waals surface area contributed by atoms with E-state index in [0.717, 1.165) is 36.4 Å². The molecule has 0 atom stereocenters. The average molecular weight is 479 g/mol. The van der Waals surface area contributed by atoms with Crippen LogP contribution in [0.3, 0.4) is 0 Å². The Bertz CT molecular complexity index is 1300. The van der Waals surface area contributed by atoms with E-state index in [1.165, 1.54) is 37.8 Å². The molecule has 0 unspecified atom stereocenters. The molecule has 1 saturated carbocycles. The van der Waals surface area contributed by atoms with Crippen LogP contribution in [0.25, 0.3) is 11.0 Å². The molecule has 0 amide bonds. The van der Waals surface area contributed by atoms with Crippen LogP contribution in [0.1, 0.15) is 44.6 Å². The minimum Gasteiger partial charge on any atom is -0.324 e. The van der Waals surface area contributed by atoms with Gasteiger partial charge in [-0.05, 0) is 31.0 Å². The molecule has 172 valence electrons. The fraction of sp³-hybridized carbons (Fsp3) is 0.450. The number of fused-ring (bicyclic) bond motifs is 1. The van der Waals surface area contributed by atoms with Crippen LogP contribution in [0.15, 0.2) is 36.7 Å². The number of hydrogen-bond donors (Lipinski definition) is 1. The van der Waals surface area contributed by atoms with Gasteiger partial charge in [0.2, 0.25) is 26.0 Å². The summed E-state index contributed by atoms with van der Waals surface area (Å²) in [5.74, 6) is 0.315. The first-order valence-electron chi connectivity index (χ1n) is 10.4. The summed E-state index contributed by atoms with van der Waals surface area (Å²) >= 11 is 0. The highest BCUT2D eigenvalue weighted by molar-refractivity contribution is 8.09. The van der Waals surface area contributed by atoms with E-state index < -0.39 is 20.0 Å². The highest BCUT2D eigenvalue weighted by Gasteiger charge is 2.27. The van der Waals surface area contributed by atoms with E-state index in [1.54, 1.807) is 24.5 Å². The minimum absolute atomic E-state index is 0.00424. The number of sulfonamides is 2. The van der Waals surface area contributed by atoms with Crippen molar-refractivity contribution in [3.63, 3.8) is 0 Å². The van der Waals surface area contributed by atoms with Gasteiger partial charge in [-0.3, -0.25) is 0 Å². The first-order valence-corrected chi connectivity index (χ1v) is 14.1. The molecule has 3 aromatic rings. The van der Waals surface area contributed by atoms with Crippen molar-refractivity contribution >= 4 is 48.4 Å². The molecule has 0 spiro atoms. The summed E-state index contributed by atoms with van der Waals surface area (Å²) in [4.78, 5) is 8.96. The van der Waals surface area contributed by atoms with E-state index in [9.17, 15) is 16.8 Å². The molecule has 1 aliphatic rings. The van der Waals surface area contributed by atoms with Crippen LogP contribution in [0.4, 0.5) is 17.3 Å². The summed E-state index contributed by atoms with van der Waals surface area (Å²) in [6.45, 7) is 0. The Balaban J connectivity index is 1.65. The van der Waals surface area contributed by atoms with E-state index in [4.69, 9.17) is 0 Å². The quantitative estimate of drug-likeness (QED) is 0.535. The second kappa shape index (κ2) is 8.66. The van der Waals surface area contributed by atoms with Gasteiger partial charge in [-0.1, -0.05) is 31.7 Å². The summed E-state index contributed by atoms with van der Waals surface area (Å²) < 4.78 is 50.6. The first kappa shape index (κ1) is 22.5. The lowest BCUT2D eigenvalue weighted by molar-refractivity contribution is 0.415. The average Bonchev–Trinajstić information content (AvgIpc) is 2.91. The van der Waals surface area contributed by atoms with Gasteiger partial charge >= 0.3 is 0 Å². The maximum absolute atomic E-state index is 12.1. The van der Waals surface area contributed by atoms with Crippen LogP contribution in [0, 0.1) is 0 Å². The lowest BCUT2D eigenvalue weighted by Crippen LogP contribution is -2.35. The molecule has 1 aliphatic carbocycles. The lowest BCUT2D eigenvalue weighted by atomic mass is 10.1. The molecular weight excluding hydrogens is 452 g/mol. The Labute approximate surface area is 187 Å². The molecule has 0 aliphatic heterocycles. The molecule has 32 heavy (non-hydrogen) atoms. The molecule has 2 heterocycles. The smallest absolute Gasteiger partial charge is 0.245 e. The molecule has 10 nitrogen and oxygen atoms in total. The third kappa shape index (κ3) is 4.85. The zero-order valence-corrected chi connectivity index (χ0v) is 19.6. The minimum atomic E-state index is -4.03. The molecule has 0 saturated heterocycles. The highest BCUT2D eigenvalue weighted by atomic mass is 32.3.